The molecule has 0 radical (unpaired) electrons. The molecule has 4 nitrogen and oxygen atoms in total. The molecule has 0 saturated carbocycles. The van der Waals surface area contributed by atoms with Crippen LogP contribution < -0.4 is 4.74 Å². The summed E-state index contributed by atoms with van der Waals surface area (Å²) in [4.78, 5) is 10.8. The maximum atomic E-state index is 10.8. The van der Waals surface area contributed by atoms with E-state index in [1.165, 1.54) is 0 Å². The van der Waals surface area contributed by atoms with Crippen molar-refractivity contribution in [3.05, 3.63) is 27.1 Å². The predicted molar refractivity (Wildman–Crippen MR) is 70.4 cm³/mol. The largest absolute Gasteiger partial charge is 0.489 e. The standard InChI is InChI=1S/C11H12Br2O4/c1-2-16-10(11(14)15)6-17-9-4-3-7(12)5-8(9)13/h3-5,10H,2,6H2,1H3,(H,14,15). The van der Waals surface area contributed by atoms with Crippen molar-refractivity contribution >= 4 is 37.8 Å². The summed E-state index contributed by atoms with van der Waals surface area (Å²) < 4.78 is 12.1. The molecular weight excluding hydrogens is 356 g/mol. The second-order valence-electron chi connectivity index (χ2n) is 3.17. The quantitative estimate of drug-likeness (QED) is 0.839. The first-order chi connectivity index (χ1) is 8.04. The maximum Gasteiger partial charge on any atom is 0.336 e. The molecule has 0 saturated heterocycles. The Morgan fingerprint density at radius 1 is 1.47 bits per heavy atom. The van der Waals surface area contributed by atoms with Gasteiger partial charge in [-0.1, -0.05) is 15.9 Å². The van der Waals surface area contributed by atoms with Gasteiger partial charge in [0.15, 0.2) is 6.10 Å². The van der Waals surface area contributed by atoms with Gasteiger partial charge in [-0.3, -0.25) is 0 Å². The van der Waals surface area contributed by atoms with E-state index in [9.17, 15) is 4.79 Å². The number of carboxylic acids is 1. The summed E-state index contributed by atoms with van der Waals surface area (Å²) in [6, 6.07) is 5.39. The fraction of sp³-hybridized carbons (Fsp3) is 0.364. The average molecular weight is 368 g/mol. The monoisotopic (exact) mass is 366 g/mol. The summed E-state index contributed by atoms with van der Waals surface area (Å²) in [6.07, 6.45) is -0.949. The molecule has 0 spiro atoms. The number of carbonyl (C=O) groups is 1. The number of ether oxygens (including phenoxy) is 2. The number of benzene rings is 1. The molecule has 1 atom stereocenters. The molecule has 1 unspecified atom stereocenters. The third-order valence-corrected chi connectivity index (χ3v) is 3.04. The summed E-state index contributed by atoms with van der Waals surface area (Å²) in [6.45, 7) is 2.05. The molecule has 0 amide bonds. The van der Waals surface area contributed by atoms with Gasteiger partial charge in [0.1, 0.15) is 12.4 Å². The molecule has 0 aromatic heterocycles. The molecule has 6 heteroatoms. The second-order valence-corrected chi connectivity index (χ2v) is 4.94. The minimum atomic E-state index is -1.03. The lowest BCUT2D eigenvalue weighted by Crippen LogP contribution is -2.30. The van der Waals surface area contributed by atoms with Gasteiger partial charge in [-0.15, -0.1) is 0 Å². The summed E-state index contributed by atoms with van der Waals surface area (Å²) in [5.74, 6) is -0.445. The Hall–Kier alpha value is -0.590. The van der Waals surface area contributed by atoms with E-state index >= 15 is 0 Å². The highest BCUT2D eigenvalue weighted by atomic mass is 79.9. The molecular formula is C11H12Br2O4. The SMILES string of the molecule is CCOC(COc1ccc(Br)cc1Br)C(=O)O. The van der Waals surface area contributed by atoms with E-state index in [1.807, 2.05) is 12.1 Å². The number of rotatable bonds is 6. The molecule has 94 valence electrons. The van der Waals surface area contributed by atoms with Gasteiger partial charge in [-0.05, 0) is 41.1 Å². The highest BCUT2D eigenvalue weighted by Gasteiger charge is 2.18. The van der Waals surface area contributed by atoms with Gasteiger partial charge in [0.2, 0.25) is 0 Å². The van der Waals surface area contributed by atoms with Crippen molar-refractivity contribution in [1.29, 1.82) is 0 Å². The van der Waals surface area contributed by atoms with Gasteiger partial charge < -0.3 is 14.6 Å². The van der Waals surface area contributed by atoms with Crippen molar-refractivity contribution in [2.45, 2.75) is 13.0 Å². The number of hydrogen-bond acceptors (Lipinski definition) is 3. The van der Waals surface area contributed by atoms with Crippen LogP contribution in [0, 0.1) is 0 Å². The number of hydrogen-bond donors (Lipinski definition) is 1. The zero-order chi connectivity index (χ0) is 12.8. The Kier molecular flexibility index (Phi) is 5.94. The second kappa shape index (κ2) is 6.98. The lowest BCUT2D eigenvalue weighted by molar-refractivity contribution is -0.152. The van der Waals surface area contributed by atoms with Gasteiger partial charge >= 0.3 is 5.97 Å². The third kappa shape index (κ3) is 4.65. The van der Waals surface area contributed by atoms with Gasteiger partial charge in [-0.2, -0.15) is 0 Å². The Morgan fingerprint density at radius 2 is 2.18 bits per heavy atom. The number of carboxylic acid groups (broad SMARTS) is 1. The molecule has 1 N–H and O–H groups in total. The van der Waals surface area contributed by atoms with Gasteiger partial charge in [0.05, 0.1) is 4.47 Å². The first-order valence-electron chi connectivity index (χ1n) is 4.96. The van der Waals surface area contributed by atoms with Crippen LogP contribution in [0.25, 0.3) is 0 Å². The molecule has 0 aliphatic carbocycles. The highest BCUT2D eigenvalue weighted by Crippen LogP contribution is 2.28. The van der Waals surface area contributed by atoms with Crippen LogP contribution in [-0.4, -0.2) is 30.4 Å². The molecule has 1 aromatic carbocycles. The fourth-order valence-electron chi connectivity index (χ4n) is 1.15. The van der Waals surface area contributed by atoms with E-state index in [0.29, 0.717) is 12.4 Å². The first-order valence-corrected chi connectivity index (χ1v) is 6.55. The zero-order valence-corrected chi connectivity index (χ0v) is 12.3. The van der Waals surface area contributed by atoms with E-state index in [1.54, 1.807) is 13.0 Å². The van der Waals surface area contributed by atoms with E-state index in [2.05, 4.69) is 31.9 Å². The molecule has 0 aliphatic rings. The first kappa shape index (κ1) is 14.5. The molecule has 0 aliphatic heterocycles. The Balaban J connectivity index is 2.62. The van der Waals surface area contributed by atoms with E-state index in [4.69, 9.17) is 14.6 Å². The van der Waals surface area contributed by atoms with Crippen molar-refractivity contribution in [2.75, 3.05) is 13.2 Å². The lowest BCUT2D eigenvalue weighted by Gasteiger charge is -2.14. The topological polar surface area (TPSA) is 55.8 Å². The van der Waals surface area contributed by atoms with Crippen LogP contribution >= 0.6 is 31.9 Å². The van der Waals surface area contributed by atoms with E-state index in [0.717, 1.165) is 8.95 Å². The van der Waals surface area contributed by atoms with Crippen molar-refractivity contribution < 1.29 is 19.4 Å². The Bertz CT molecular complexity index is 395. The summed E-state index contributed by atoms with van der Waals surface area (Å²) >= 11 is 6.65. The van der Waals surface area contributed by atoms with Crippen LogP contribution in [0.5, 0.6) is 5.75 Å². The van der Waals surface area contributed by atoms with Gasteiger partial charge in [-0.25, -0.2) is 4.79 Å². The lowest BCUT2D eigenvalue weighted by atomic mass is 10.3. The van der Waals surface area contributed by atoms with E-state index < -0.39 is 12.1 Å². The number of halogens is 2. The summed E-state index contributed by atoms with van der Waals surface area (Å²) in [5.41, 5.74) is 0. The minimum absolute atomic E-state index is 0.0244. The summed E-state index contributed by atoms with van der Waals surface area (Å²) in [5, 5.41) is 8.87. The Morgan fingerprint density at radius 3 is 2.71 bits per heavy atom. The van der Waals surface area contributed by atoms with Crippen molar-refractivity contribution in [3.8, 4) is 5.75 Å². The molecule has 0 fully saturated rings. The molecule has 0 bridgehead atoms. The molecule has 0 heterocycles. The van der Waals surface area contributed by atoms with Crippen LogP contribution in [0.1, 0.15) is 6.92 Å². The number of aliphatic carboxylic acids is 1. The van der Waals surface area contributed by atoms with Crippen molar-refractivity contribution in [2.24, 2.45) is 0 Å². The van der Waals surface area contributed by atoms with Crippen LogP contribution in [0.4, 0.5) is 0 Å². The average Bonchev–Trinajstić information content (AvgIpc) is 2.25. The molecule has 17 heavy (non-hydrogen) atoms. The van der Waals surface area contributed by atoms with Gasteiger partial charge in [0, 0.05) is 11.1 Å². The Labute approximate surface area is 116 Å². The zero-order valence-electron chi connectivity index (χ0n) is 9.15. The van der Waals surface area contributed by atoms with Crippen LogP contribution in [0.2, 0.25) is 0 Å². The summed E-state index contributed by atoms with van der Waals surface area (Å²) in [7, 11) is 0. The van der Waals surface area contributed by atoms with Crippen LogP contribution in [0.15, 0.2) is 27.1 Å². The minimum Gasteiger partial charge on any atom is -0.489 e. The van der Waals surface area contributed by atoms with Crippen molar-refractivity contribution in [1.82, 2.24) is 0 Å². The normalized spacial score (nSPS) is 12.2. The van der Waals surface area contributed by atoms with E-state index in [-0.39, 0.29) is 6.61 Å². The van der Waals surface area contributed by atoms with Crippen molar-refractivity contribution in [3.63, 3.8) is 0 Å². The maximum absolute atomic E-state index is 10.8. The van der Waals surface area contributed by atoms with Crippen LogP contribution in [0.3, 0.4) is 0 Å². The highest BCUT2D eigenvalue weighted by molar-refractivity contribution is 9.11. The fourth-order valence-corrected chi connectivity index (χ4v) is 2.31. The molecule has 1 aromatic rings. The predicted octanol–water partition coefficient (Wildman–Crippen LogP) is 3.08. The smallest absolute Gasteiger partial charge is 0.336 e. The van der Waals surface area contributed by atoms with Gasteiger partial charge in [0.25, 0.3) is 0 Å². The third-order valence-electron chi connectivity index (χ3n) is 1.93. The molecule has 1 rings (SSSR count). The van der Waals surface area contributed by atoms with Crippen LogP contribution in [-0.2, 0) is 9.53 Å².